The molecule has 0 saturated carbocycles. The van der Waals surface area contributed by atoms with Crippen molar-refractivity contribution in [2.24, 2.45) is 0 Å². The number of hydrogen-bond donors (Lipinski definition) is 1. The van der Waals surface area contributed by atoms with E-state index in [1.165, 1.54) is 6.08 Å². The normalized spacial score (nSPS) is 11.8. The number of nitrogens with zero attached hydrogens (tertiary/aromatic N) is 4. The number of carbonyl (C=O) groups excluding carboxylic acids is 1. The maximum atomic E-state index is 12.6. The Morgan fingerprint density at radius 2 is 2.00 bits per heavy atom. The highest BCUT2D eigenvalue weighted by atomic mass is 32.1. The minimum atomic E-state index is -0.760. The summed E-state index contributed by atoms with van der Waals surface area (Å²) in [6.45, 7) is 5.37. The molecule has 0 aliphatic rings. The quantitative estimate of drug-likeness (QED) is 0.470. The van der Waals surface area contributed by atoms with Gasteiger partial charge in [-0.2, -0.15) is 10.1 Å². The zero-order valence-electron chi connectivity index (χ0n) is 16.9. The first-order chi connectivity index (χ1) is 14.4. The molecule has 3 heterocycles. The van der Waals surface area contributed by atoms with Gasteiger partial charge in [0.05, 0.1) is 16.1 Å². The van der Waals surface area contributed by atoms with Crippen LogP contribution >= 0.6 is 11.3 Å². The number of hydrogen-bond acceptors (Lipinski definition) is 6. The first-order valence-corrected chi connectivity index (χ1v) is 10.3. The lowest BCUT2D eigenvalue weighted by Gasteiger charge is -2.21. The van der Waals surface area contributed by atoms with E-state index in [4.69, 9.17) is 9.62 Å². The molecule has 0 spiro atoms. The van der Waals surface area contributed by atoms with E-state index in [1.54, 1.807) is 24.3 Å². The Bertz CT molecular complexity index is 1170. The van der Waals surface area contributed by atoms with Crippen LogP contribution in [0.25, 0.3) is 22.3 Å². The van der Waals surface area contributed by atoms with Crippen LogP contribution in [-0.2, 0) is 10.3 Å². The van der Waals surface area contributed by atoms with Crippen molar-refractivity contribution in [3.8, 4) is 16.3 Å². The van der Waals surface area contributed by atoms with Gasteiger partial charge in [0.25, 0.3) is 0 Å². The maximum Gasteiger partial charge on any atom is 0.244 e. The van der Waals surface area contributed by atoms with E-state index < -0.39 is 5.54 Å². The Balaban J connectivity index is 1.59. The van der Waals surface area contributed by atoms with E-state index in [-0.39, 0.29) is 5.91 Å². The van der Waals surface area contributed by atoms with E-state index in [0.717, 1.165) is 21.8 Å². The number of aryl methyl sites for hydroxylation is 1. The van der Waals surface area contributed by atoms with Crippen LogP contribution in [0.4, 0.5) is 0 Å². The van der Waals surface area contributed by atoms with Gasteiger partial charge in [0.15, 0.2) is 5.82 Å². The molecule has 0 bridgehead atoms. The van der Waals surface area contributed by atoms with Gasteiger partial charge < -0.3 is 9.84 Å². The van der Waals surface area contributed by atoms with Crippen molar-refractivity contribution < 1.29 is 9.32 Å². The molecule has 152 valence electrons. The first-order valence-electron chi connectivity index (χ1n) is 9.42. The molecule has 1 aromatic carbocycles. The first kappa shape index (κ1) is 19.8. The lowest BCUT2D eigenvalue weighted by molar-refractivity contribution is -0.118. The van der Waals surface area contributed by atoms with E-state index >= 15 is 0 Å². The van der Waals surface area contributed by atoms with E-state index in [1.807, 2.05) is 72.6 Å². The highest BCUT2D eigenvalue weighted by molar-refractivity contribution is 7.13. The number of aromatic nitrogens is 4. The van der Waals surface area contributed by atoms with Crippen molar-refractivity contribution in [3.05, 3.63) is 77.4 Å². The number of carbonyl (C=O) groups is 1. The van der Waals surface area contributed by atoms with Crippen LogP contribution in [-0.4, -0.2) is 25.8 Å². The molecular weight excluding hydrogens is 398 g/mol. The van der Waals surface area contributed by atoms with Crippen LogP contribution in [0.5, 0.6) is 0 Å². The summed E-state index contributed by atoms with van der Waals surface area (Å²) in [7, 11) is 0. The summed E-state index contributed by atoms with van der Waals surface area (Å²) in [5, 5.41) is 13.6. The summed E-state index contributed by atoms with van der Waals surface area (Å²) in [6, 6.07) is 13.9. The van der Waals surface area contributed by atoms with Crippen molar-refractivity contribution in [2.45, 2.75) is 26.3 Å². The van der Waals surface area contributed by atoms with Crippen LogP contribution in [0.3, 0.4) is 0 Å². The van der Waals surface area contributed by atoms with Gasteiger partial charge >= 0.3 is 0 Å². The molecule has 0 aliphatic carbocycles. The number of rotatable bonds is 6. The van der Waals surface area contributed by atoms with Crippen molar-refractivity contribution in [3.63, 3.8) is 0 Å². The third-order valence-corrected chi connectivity index (χ3v) is 5.33. The summed E-state index contributed by atoms with van der Waals surface area (Å²) >= 11 is 1.61. The zero-order valence-corrected chi connectivity index (χ0v) is 17.7. The molecule has 3 aromatic heterocycles. The fourth-order valence-corrected chi connectivity index (χ4v) is 3.68. The molecule has 4 aromatic rings. The topological polar surface area (TPSA) is 85.8 Å². The van der Waals surface area contributed by atoms with Crippen LogP contribution in [0, 0.1) is 6.92 Å². The minimum Gasteiger partial charge on any atom is -0.340 e. The van der Waals surface area contributed by atoms with Gasteiger partial charge in [-0.1, -0.05) is 29.4 Å². The van der Waals surface area contributed by atoms with E-state index in [0.29, 0.717) is 11.7 Å². The molecule has 0 radical (unpaired) electrons. The second kappa shape index (κ2) is 8.08. The van der Waals surface area contributed by atoms with Crippen molar-refractivity contribution >= 4 is 23.3 Å². The molecule has 1 amide bonds. The molecule has 4 rings (SSSR count). The largest absolute Gasteiger partial charge is 0.340 e. The van der Waals surface area contributed by atoms with Crippen LogP contribution in [0.2, 0.25) is 0 Å². The second-order valence-electron chi connectivity index (χ2n) is 7.28. The van der Waals surface area contributed by atoms with Crippen LogP contribution in [0.15, 0.2) is 64.6 Å². The average molecular weight is 420 g/mol. The molecule has 30 heavy (non-hydrogen) atoms. The molecule has 0 fully saturated rings. The molecule has 8 heteroatoms. The van der Waals surface area contributed by atoms with E-state index in [2.05, 4.69) is 15.5 Å². The third kappa shape index (κ3) is 4.23. The minimum absolute atomic E-state index is 0.257. The monoisotopic (exact) mass is 419 g/mol. The average Bonchev–Trinajstić information content (AvgIpc) is 3.47. The van der Waals surface area contributed by atoms with Gasteiger partial charge in [-0.3, -0.25) is 4.79 Å². The van der Waals surface area contributed by atoms with Gasteiger partial charge in [0.1, 0.15) is 5.69 Å². The van der Waals surface area contributed by atoms with Crippen molar-refractivity contribution in [1.29, 1.82) is 0 Å². The third-order valence-electron chi connectivity index (χ3n) is 4.45. The van der Waals surface area contributed by atoms with Crippen LogP contribution < -0.4 is 5.32 Å². The van der Waals surface area contributed by atoms with Gasteiger partial charge in [0.2, 0.25) is 11.8 Å². The lowest BCUT2D eigenvalue weighted by atomic mass is 10.0. The fourth-order valence-electron chi connectivity index (χ4n) is 2.95. The Hall–Kier alpha value is -3.52. The van der Waals surface area contributed by atoms with Gasteiger partial charge in [-0.05, 0) is 43.5 Å². The van der Waals surface area contributed by atoms with Crippen molar-refractivity contribution in [1.82, 2.24) is 25.2 Å². The second-order valence-corrected chi connectivity index (χ2v) is 8.22. The molecular formula is C22H21N5O2S. The van der Waals surface area contributed by atoms with Gasteiger partial charge in [-0.15, -0.1) is 11.3 Å². The summed E-state index contributed by atoms with van der Waals surface area (Å²) in [4.78, 5) is 17.8. The van der Waals surface area contributed by atoms with Gasteiger partial charge in [-0.25, -0.2) is 4.68 Å². The number of nitrogens with one attached hydrogen (secondary N) is 1. The summed E-state index contributed by atoms with van der Waals surface area (Å²) in [5.41, 5.74) is 1.87. The zero-order chi connectivity index (χ0) is 21.1. The molecule has 0 atom stereocenters. The highest BCUT2D eigenvalue weighted by Crippen LogP contribution is 2.28. The lowest BCUT2D eigenvalue weighted by Crippen LogP contribution is -2.41. The number of amides is 1. The summed E-state index contributed by atoms with van der Waals surface area (Å²) < 4.78 is 6.84. The Morgan fingerprint density at radius 3 is 2.67 bits per heavy atom. The van der Waals surface area contributed by atoms with Crippen molar-refractivity contribution in [2.75, 3.05) is 0 Å². The number of thiophene rings is 1. The molecule has 1 N–H and O–H groups in total. The standard InChI is InChI=1S/C22H21N5O2S/c1-15-23-21(26-29-15)22(2,3)24-19(28)12-11-16-14-27(17-8-5-4-6-9-17)25-20(16)18-10-7-13-30-18/h4-14H,1-3H3,(H,24,28)/b12-11+. The predicted octanol–water partition coefficient (Wildman–Crippen LogP) is 4.36. The Morgan fingerprint density at radius 1 is 1.20 bits per heavy atom. The summed E-state index contributed by atoms with van der Waals surface area (Å²) in [6.07, 6.45) is 5.19. The van der Waals surface area contributed by atoms with Gasteiger partial charge in [0, 0.05) is 24.8 Å². The fraction of sp³-hybridized carbons (Fsp3) is 0.182. The molecule has 7 nitrogen and oxygen atoms in total. The molecule has 0 unspecified atom stereocenters. The molecule has 0 saturated heterocycles. The highest BCUT2D eigenvalue weighted by Gasteiger charge is 2.27. The Kier molecular flexibility index (Phi) is 5.33. The number of benzene rings is 1. The molecule has 0 aliphatic heterocycles. The smallest absolute Gasteiger partial charge is 0.244 e. The number of para-hydroxylation sites is 1. The Labute approximate surface area is 178 Å². The maximum absolute atomic E-state index is 12.6. The predicted molar refractivity (Wildman–Crippen MR) is 116 cm³/mol. The summed E-state index contributed by atoms with van der Waals surface area (Å²) in [5.74, 6) is 0.627. The van der Waals surface area contributed by atoms with E-state index in [9.17, 15) is 4.79 Å². The SMILES string of the molecule is Cc1nc(C(C)(C)NC(=O)/C=C/c2cn(-c3ccccc3)nc2-c2cccs2)no1. The van der Waals surface area contributed by atoms with Crippen LogP contribution in [0.1, 0.15) is 31.1 Å².